The number of alkyl halides is 3. The molecule has 112 valence electrons. The molecule has 1 unspecified atom stereocenters. The predicted octanol–water partition coefficient (Wildman–Crippen LogP) is 4.71. The van der Waals surface area contributed by atoms with Gasteiger partial charge in [0.05, 0.1) is 5.56 Å². The number of benzene rings is 1. The van der Waals surface area contributed by atoms with Crippen molar-refractivity contribution in [2.75, 3.05) is 0 Å². The van der Waals surface area contributed by atoms with Gasteiger partial charge < -0.3 is 5.32 Å². The van der Waals surface area contributed by atoms with Gasteiger partial charge in [-0.15, -0.1) is 0 Å². The summed E-state index contributed by atoms with van der Waals surface area (Å²) in [5.41, 5.74) is 0.939. The number of hydrogen-bond donors (Lipinski definition) is 1. The Morgan fingerprint density at radius 2 is 2.00 bits per heavy atom. The maximum absolute atomic E-state index is 12.7. The molecule has 2 rings (SSSR count). The maximum Gasteiger partial charge on any atom is 0.416 e. The van der Waals surface area contributed by atoms with Gasteiger partial charge >= 0.3 is 6.18 Å². The molecule has 1 heterocycles. The number of nitrogens with one attached hydrogen (secondary N) is 1. The highest BCUT2D eigenvalue weighted by atomic mass is 79.9. The summed E-state index contributed by atoms with van der Waals surface area (Å²) in [5, 5.41) is 3.19. The van der Waals surface area contributed by atoms with Crippen molar-refractivity contribution in [3.05, 3.63) is 63.9 Å². The van der Waals surface area contributed by atoms with Crippen molar-refractivity contribution >= 4 is 15.9 Å². The molecule has 0 saturated heterocycles. The van der Waals surface area contributed by atoms with Crippen LogP contribution in [0.15, 0.2) is 47.2 Å². The third kappa shape index (κ3) is 4.54. The van der Waals surface area contributed by atoms with E-state index in [1.54, 1.807) is 18.5 Å². The first kappa shape index (κ1) is 16.0. The molecule has 0 spiro atoms. The van der Waals surface area contributed by atoms with Crippen molar-refractivity contribution in [1.29, 1.82) is 0 Å². The molecule has 0 amide bonds. The van der Waals surface area contributed by atoms with E-state index in [-0.39, 0.29) is 6.04 Å². The lowest BCUT2D eigenvalue weighted by atomic mass is 10.0. The smallest absolute Gasteiger partial charge is 0.306 e. The second-order valence-electron chi connectivity index (χ2n) is 4.74. The molecule has 0 aliphatic rings. The van der Waals surface area contributed by atoms with Gasteiger partial charge in [0, 0.05) is 29.5 Å². The molecular weight excluding hydrogens is 345 g/mol. The summed E-state index contributed by atoms with van der Waals surface area (Å²) in [5.74, 6) is 0. The fourth-order valence-corrected chi connectivity index (χ4v) is 2.34. The van der Waals surface area contributed by atoms with Crippen LogP contribution >= 0.6 is 15.9 Å². The monoisotopic (exact) mass is 358 g/mol. The van der Waals surface area contributed by atoms with Gasteiger partial charge in [-0.3, -0.25) is 4.98 Å². The van der Waals surface area contributed by atoms with Crippen LogP contribution in [0.5, 0.6) is 0 Å². The molecule has 0 fully saturated rings. The number of rotatable bonds is 4. The zero-order valence-corrected chi connectivity index (χ0v) is 12.9. The summed E-state index contributed by atoms with van der Waals surface area (Å²) in [6.45, 7) is 2.37. The van der Waals surface area contributed by atoms with Crippen molar-refractivity contribution in [2.24, 2.45) is 0 Å². The minimum atomic E-state index is -4.32. The molecule has 2 nitrogen and oxygen atoms in total. The lowest BCUT2D eigenvalue weighted by Gasteiger charge is -2.16. The van der Waals surface area contributed by atoms with Gasteiger partial charge in [-0.1, -0.05) is 12.1 Å². The van der Waals surface area contributed by atoms with Gasteiger partial charge in [0.1, 0.15) is 0 Å². The number of hydrogen-bond acceptors (Lipinski definition) is 2. The quantitative estimate of drug-likeness (QED) is 0.855. The summed E-state index contributed by atoms with van der Waals surface area (Å²) < 4.78 is 38.9. The van der Waals surface area contributed by atoms with Crippen LogP contribution in [0.2, 0.25) is 0 Å². The Hall–Kier alpha value is -1.40. The second-order valence-corrected chi connectivity index (χ2v) is 5.65. The fourth-order valence-electron chi connectivity index (χ4n) is 1.93. The number of pyridine rings is 1. The molecule has 6 heteroatoms. The number of aromatic nitrogens is 1. The van der Waals surface area contributed by atoms with Crippen molar-refractivity contribution in [3.63, 3.8) is 0 Å². The number of nitrogens with zero attached hydrogens (tertiary/aromatic N) is 1. The third-order valence-electron chi connectivity index (χ3n) is 3.09. The van der Waals surface area contributed by atoms with Gasteiger partial charge in [-0.2, -0.15) is 13.2 Å². The first-order valence-electron chi connectivity index (χ1n) is 6.36. The van der Waals surface area contributed by atoms with Crippen molar-refractivity contribution < 1.29 is 13.2 Å². The van der Waals surface area contributed by atoms with Crippen molar-refractivity contribution in [2.45, 2.75) is 25.7 Å². The summed E-state index contributed by atoms with van der Waals surface area (Å²) >= 11 is 3.33. The van der Waals surface area contributed by atoms with Crippen LogP contribution < -0.4 is 5.32 Å². The molecular formula is C15H14BrF3N2. The molecule has 1 N–H and O–H groups in total. The highest BCUT2D eigenvalue weighted by Crippen LogP contribution is 2.30. The largest absolute Gasteiger partial charge is 0.416 e. The highest BCUT2D eigenvalue weighted by Gasteiger charge is 2.30. The molecule has 0 bridgehead atoms. The lowest BCUT2D eigenvalue weighted by molar-refractivity contribution is -0.137. The third-order valence-corrected chi connectivity index (χ3v) is 3.52. The van der Waals surface area contributed by atoms with Crippen LogP contribution in [0, 0.1) is 0 Å². The van der Waals surface area contributed by atoms with Crippen LogP contribution in [-0.4, -0.2) is 4.98 Å². The van der Waals surface area contributed by atoms with Crippen LogP contribution in [0.25, 0.3) is 0 Å². The van der Waals surface area contributed by atoms with Crippen molar-refractivity contribution in [3.8, 4) is 0 Å². The molecule has 1 aromatic carbocycles. The van der Waals surface area contributed by atoms with E-state index in [2.05, 4.69) is 26.2 Å². The summed E-state index contributed by atoms with van der Waals surface area (Å²) in [6, 6.07) is 7.10. The summed E-state index contributed by atoms with van der Waals surface area (Å²) in [4.78, 5) is 4.05. The van der Waals surface area contributed by atoms with Crippen molar-refractivity contribution in [1.82, 2.24) is 10.3 Å². The maximum atomic E-state index is 12.7. The summed E-state index contributed by atoms with van der Waals surface area (Å²) in [6.07, 6.45) is -0.916. The SMILES string of the molecule is CC(NCc1cncc(Br)c1)c1cccc(C(F)(F)F)c1. The normalized spacial score (nSPS) is 13.2. The highest BCUT2D eigenvalue weighted by molar-refractivity contribution is 9.10. The van der Waals surface area contributed by atoms with Crippen LogP contribution in [-0.2, 0) is 12.7 Å². The standard InChI is InChI=1S/C15H14BrF3N2/c1-10(21-8-11-5-14(16)9-20-7-11)12-3-2-4-13(6-12)15(17,18)19/h2-7,9-10,21H,8H2,1H3. The van der Waals surface area contributed by atoms with E-state index in [0.29, 0.717) is 12.1 Å². The van der Waals surface area contributed by atoms with E-state index in [9.17, 15) is 13.2 Å². The van der Waals surface area contributed by atoms with Gasteiger partial charge in [0.2, 0.25) is 0 Å². The number of halogens is 4. The van der Waals surface area contributed by atoms with Crippen LogP contribution in [0.1, 0.15) is 29.7 Å². The topological polar surface area (TPSA) is 24.9 Å². The molecule has 0 radical (unpaired) electrons. The summed E-state index contributed by atoms with van der Waals surface area (Å²) in [7, 11) is 0. The Bertz CT molecular complexity index is 614. The van der Waals surface area contributed by atoms with Gasteiger partial charge in [-0.25, -0.2) is 0 Å². The molecule has 1 atom stereocenters. The molecule has 0 saturated carbocycles. The van der Waals surface area contributed by atoms with Crippen LogP contribution in [0.4, 0.5) is 13.2 Å². The Kier molecular flexibility index (Phi) is 5.00. The molecule has 0 aliphatic carbocycles. The first-order chi connectivity index (χ1) is 9.86. The van der Waals surface area contributed by atoms with Gasteiger partial charge in [0.25, 0.3) is 0 Å². The average Bonchev–Trinajstić information content (AvgIpc) is 2.44. The minimum Gasteiger partial charge on any atom is -0.306 e. The first-order valence-corrected chi connectivity index (χ1v) is 7.15. The van der Waals surface area contributed by atoms with E-state index < -0.39 is 11.7 Å². The Morgan fingerprint density at radius 1 is 1.24 bits per heavy atom. The van der Waals surface area contributed by atoms with Gasteiger partial charge in [-0.05, 0) is 52.2 Å². The lowest BCUT2D eigenvalue weighted by Crippen LogP contribution is -2.19. The second kappa shape index (κ2) is 6.58. The minimum absolute atomic E-state index is 0.189. The fraction of sp³-hybridized carbons (Fsp3) is 0.267. The zero-order valence-electron chi connectivity index (χ0n) is 11.3. The molecule has 1 aromatic heterocycles. The van der Waals surface area contributed by atoms with E-state index >= 15 is 0 Å². The Balaban J connectivity index is 2.05. The van der Waals surface area contributed by atoms with E-state index in [1.807, 2.05) is 13.0 Å². The Labute approximate surface area is 129 Å². The predicted molar refractivity (Wildman–Crippen MR) is 78.6 cm³/mol. The average molecular weight is 359 g/mol. The van der Waals surface area contributed by atoms with E-state index in [1.165, 1.54) is 12.1 Å². The van der Waals surface area contributed by atoms with Crippen LogP contribution in [0.3, 0.4) is 0 Å². The van der Waals surface area contributed by atoms with E-state index in [0.717, 1.165) is 16.1 Å². The van der Waals surface area contributed by atoms with Gasteiger partial charge in [0.15, 0.2) is 0 Å². The zero-order chi connectivity index (χ0) is 15.5. The molecule has 2 aromatic rings. The Morgan fingerprint density at radius 3 is 2.67 bits per heavy atom. The molecule has 0 aliphatic heterocycles. The molecule has 21 heavy (non-hydrogen) atoms. The van der Waals surface area contributed by atoms with E-state index in [4.69, 9.17) is 0 Å².